The molecule has 3 aromatic heterocycles. The summed E-state index contributed by atoms with van der Waals surface area (Å²) in [6.45, 7) is 7.28. The molecule has 0 saturated heterocycles. The van der Waals surface area contributed by atoms with Crippen molar-refractivity contribution in [2.75, 3.05) is 7.05 Å². The highest BCUT2D eigenvalue weighted by molar-refractivity contribution is 6.31. The number of amides is 1. The van der Waals surface area contributed by atoms with Crippen molar-refractivity contribution in [3.05, 3.63) is 70.3 Å². The van der Waals surface area contributed by atoms with Gasteiger partial charge >= 0.3 is 0 Å². The molecule has 1 amide bonds. The Morgan fingerprint density at radius 2 is 1.97 bits per heavy atom. The highest BCUT2D eigenvalue weighted by Gasteiger charge is 2.20. The number of pyridine rings is 1. The maximum absolute atomic E-state index is 13.4. The molecule has 0 unspecified atom stereocenters. The van der Waals surface area contributed by atoms with Crippen LogP contribution in [0.4, 0.5) is 0 Å². The van der Waals surface area contributed by atoms with Crippen molar-refractivity contribution < 1.29 is 4.79 Å². The Bertz CT molecular complexity index is 1240. The van der Waals surface area contributed by atoms with Crippen molar-refractivity contribution in [1.29, 1.82) is 0 Å². The van der Waals surface area contributed by atoms with Crippen molar-refractivity contribution in [3.8, 4) is 5.82 Å². The van der Waals surface area contributed by atoms with Gasteiger partial charge in [0.2, 0.25) is 0 Å². The molecule has 0 aliphatic carbocycles. The first-order chi connectivity index (χ1) is 14.4. The van der Waals surface area contributed by atoms with E-state index in [1.54, 1.807) is 41.0 Å². The van der Waals surface area contributed by atoms with Crippen LogP contribution in [0.1, 0.15) is 34.1 Å². The van der Waals surface area contributed by atoms with Gasteiger partial charge in [-0.2, -0.15) is 10.2 Å². The van der Waals surface area contributed by atoms with E-state index < -0.39 is 0 Å². The van der Waals surface area contributed by atoms with E-state index in [1.165, 1.54) is 0 Å². The van der Waals surface area contributed by atoms with Gasteiger partial charge in [-0.15, -0.1) is 0 Å². The summed E-state index contributed by atoms with van der Waals surface area (Å²) in [6, 6.07) is 7.15. The molecule has 0 aliphatic heterocycles. The van der Waals surface area contributed by atoms with Gasteiger partial charge in [0.25, 0.3) is 5.91 Å². The van der Waals surface area contributed by atoms with E-state index in [0.717, 1.165) is 23.4 Å². The van der Waals surface area contributed by atoms with Gasteiger partial charge in [0.15, 0.2) is 5.82 Å². The Hall–Kier alpha value is -3.19. The molecule has 0 fully saturated rings. The SMILES string of the molecule is CCn1ncc(CN(C)C(=O)c2cc(-n3cc(C)cn3)nc3ccc(Cl)cc23)c1C. The molecule has 0 N–H and O–H groups in total. The normalized spacial score (nSPS) is 11.2. The predicted molar refractivity (Wildman–Crippen MR) is 117 cm³/mol. The maximum Gasteiger partial charge on any atom is 0.254 e. The van der Waals surface area contributed by atoms with Crippen LogP contribution in [0.15, 0.2) is 42.9 Å². The van der Waals surface area contributed by atoms with Crippen molar-refractivity contribution in [2.24, 2.45) is 0 Å². The molecular formula is C22H23ClN6O. The Morgan fingerprint density at radius 1 is 1.17 bits per heavy atom. The largest absolute Gasteiger partial charge is 0.337 e. The van der Waals surface area contributed by atoms with Crippen molar-refractivity contribution >= 4 is 28.4 Å². The van der Waals surface area contributed by atoms with Crippen LogP contribution in [0, 0.1) is 13.8 Å². The van der Waals surface area contributed by atoms with Crippen LogP contribution < -0.4 is 0 Å². The molecule has 7 nitrogen and oxygen atoms in total. The molecule has 30 heavy (non-hydrogen) atoms. The standard InChI is InChI=1S/C22H23ClN6O/c1-5-28-15(3)16(11-25-28)13-27(4)22(30)19-9-21(29-12-14(2)10-24-29)26-20-7-6-17(23)8-18(19)20/h6-12H,5,13H2,1-4H3. The average Bonchev–Trinajstić information content (AvgIpc) is 3.32. The number of aryl methyl sites for hydroxylation is 2. The lowest BCUT2D eigenvalue weighted by Crippen LogP contribution is -2.27. The summed E-state index contributed by atoms with van der Waals surface area (Å²) in [4.78, 5) is 19.8. The van der Waals surface area contributed by atoms with Crippen LogP contribution in [0.5, 0.6) is 0 Å². The van der Waals surface area contributed by atoms with Crippen LogP contribution in [0.25, 0.3) is 16.7 Å². The Balaban J connectivity index is 1.76. The van der Waals surface area contributed by atoms with Crippen LogP contribution in [-0.2, 0) is 13.1 Å². The van der Waals surface area contributed by atoms with Gasteiger partial charge in [-0.05, 0) is 50.6 Å². The molecule has 8 heteroatoms. The lowest BCUT2D eigenvalue weighted by molar-refractivity contribution is 0.0786. The number of nitrogens with zero attached hydrogens (tertiary/aromatic N) is 6. The van der Waals surface area contributed by atoms with Crippen molar-refractivity contribution in [3.63, 3.8) is 0 Å². The molecule has 4 aromatic rings. The molecule has 0 radical (unpaired) electrons. The van der Waals surface area contributed by atoms with Crippen molar-refractivity contribution in [1.82, 2.24) is 29.4 Å². The predicted octanol–water partition coefficient (Wildman–Crippen LogP) is 4.18. The van der Waals surface area contributed by atoms with Gasteiger partial charge in [-0.25, -0.2) is 9.67 Å². The lowest BCUT2D eigenvalue weighted by Gasteiger charge is -2.19. The van der Waals surface area contributed by atoms with E-state index in [-0.39, 0.29) is 5.91 Å². The van der Waals surface area contributed by atoms with Gasteiger partial charge in [0.05, 0.1) is 23.5 Å². The molecular weight excluding hydrogens is 400 g/mol. The van der Waals surface area contributed by atoms with E-state index in [9.17, 15) is 4.79 Å². The van der Waals surface area contributed by atoms with E-state index in [4.69, 9.17) is 11.6 Å². The number of carbonyl (C=O) groups excluding carboxylic acids is 1. The van der Waals surface area contributed by atoms with Crippen LogP contribution in [0.3, 0.4) is 0 Å². The van der Waals surface area contributed by atoms with E-state index >= 15 is 0 Å². The number of hydrogen-bond acceptors (Lipinski definition) is 4. The maximum atomic E-state index is 13.4. The molecule has 4 rings (SSSR count). The minimum Gasteiger partial charge on any atom is -0.337 e. The zero-order chi connectivity index (χ0) is 21.4. The second-order valence-electron chi connectivity index (χ2n) is 7.38. The third-order valence-electron chi connectivity index (χ3n) is 5.19. The van der Waals surface area contributed by atoms with Crippen LogP contribution >= 0.6 is 11.6 Å². The average molecular weight is 423 g/mol. The fourth-order valence-electron chi connectivity index (χ4n) is 3.51. The molecule has 0 bridgehead atoms. The summed E-state index contributed by atoms with van der Waals surface area (Å²) in [7, 11) is 1.79. The highest BCUT2D eigenvalue weighted by atomic mass is 35.5. The third-order valence-corrected chi connectivity index (χ3v) is 5.43. The number of hydrogen-bond donors (Lipinski definition) is 0. The van der Waals surface area contributed by atoms with Gasteiger partial charge in [-0.1, -0.05) is 11.6 Å². The molecule has 0 spiro atoms. The summed E-state index contributed by atoms with van der Waals surface area (Å²) in [6.07, 6.45) is 5.46. The summed E-state index contributed by atoms with van der Waals surface area (Å²) in [5, 5.41) is 9.99. The van der Waals surface area contributed by atoms with Gasteiger partial charge in [0.1, 0.15) is 0 Å². The van der Waals surface area contributed by atoms with Gasteiger partial charge in [-0.3, -0.25) is 9.48 Å². The third kappa shape index (κ3) is 3.68. The summed E-state index contributed by atoms with van der Waals surface area (Å²) < 4.78 is 3.60. The Kier molecular flexibility index (Phi) is 5.30. The zero-order valence-corrected chi connectivity index (χ0v) is 18.2. The number of fused-ring (bicyclic) bond motifs is 1. The van der Waals surface area contributed by atoms with E-state index in [1.807, 2.05) is 43.9 Å². The van der Waals surface area contributed by atoms with Crippen LogP contribution in [0.2, 0.25) is 5.02 Å². The first-order valence-electron chi connectivity index (χ1n) is 9.76. The summed E-state index contributed by atoms with van der Waals surface area (Å²) in [5.74, 6) is 0.475. The fraction of sp³-hybridized carbons (Fsp3) is 0.273. The number of rotatable bonds is 5. The smallest absolute Gasteiger partial charge is 0.254 e. The Labute approximate surface area is 179 Å². The van der Waals surface area contributed by atoms with Gasteiger partial charge < -0.3 is 4.90 Å². The molecule has 0 aliphatic rings. The lowest BCUT2D eigenvalue weighted by atomic mass is 10.1. The summed E-state index contributed by atoms with van der Waals surface area (Å²) >= 11 is 6.22. The second-order valence-corrected chi connectivity index (χ2v) is 7.82. The molecule has 3 heterocycles. The minimum absolute atomic E-state index is 0.113. The number of halogens is 1. The fourth-order valence-corrected chi connectivity index (χ4v) is 3.68. The van der Waals surface area contributed by atoms with Crippen molar-refractivity contribution in [2.45, 2.75) is 33.9 Å². The first kappa shape index (κ1) is 20.1. The Morgan fingerprint density at radius 3 is 2.63 bits per heavy atom. The monoisotopic (exact) mass is 422 g/mol. The first-order valence-corrected chi connectivity index (χ1v) is 10.1. The second kappa shape index (κ2) is 7.91. The molecule has 0 saturated carbocycles. The van der Waals surface area contributed by atoms with Gasteiger partial charge in [0, 0.05) is 48.0 Å². The minimum atomic E-state index is -0.113. The zero-order valence-electron chi connectivity index (χ0n) is 17.4. The topological polar surface area (TPSA) is 68.8 Å². The highest BCUT2D eigenvalue weighted by Crippen LogP contribution is 2.25. The quantitative estimate of drug-likeness (QED) is 0.483. The molecule has 1 aromatic carbocycles. The number of benzene rings is 1. The molecule has 0 atom stereocenters. The van der Waals surface area contributed by atoms with E-state index in [2.05, 4.69) is 15.2 Å². The summed E-state index contributed by atoms with van der Waals surface area (Å²) in [5.41, 5.74) is 4.33. The molecule has 154 valence electrons. The van der Waals surface area contributed by atoms with E-state index in [0.29, 0.717) is 33.9 Å². The van der Waals surface area contributed by atoms with Crippen LogP contribution in [-0.4, -0.2) is 42.4 Å². The number of aromatic nitrogens is 5. The number of carbonyl (C=O) groups is 1.